The Hall–Kier alpha value is -3.41. The predicted molar refractivity (Wildman–Crippen MR) is 110 cm³/mol. The highest BCUT2D eigenvalue weighted by molar-refractivity contribution is 5.93. The van der Waals surface area contributed by atoms with E-state index < -0.39 is 0 Å². The first kappa shape index (κ1) is 19.4. The van der Waals surface area contributed by atoms with Crippen molar-refractivity contribution in [3.8, 4) is 5.75 Å². The fraction of sp³-hybridized carbons (Fsp3) is 0.227. The van der Waals surface area contributed by atoms with Gasteiger partial charge in [0, 0.05) is 18.1 Å². The number of aromatic nitrogens is 2. The summed E-state index contributed by atoms with van der Waals surface area (Å²) >= 11 is 0. The smallest absolute Gasteiger partial charge is 0.254 e. The van der Waals surface area contributed by atoms with Gasteiger partial charge in [0.25, 0.3) is 5.91 Å². The molecule has 0 saturated carbocycles. The van der Waals surface area contributed by atoms with E-state index in [4.69, 9.17) is 4.74 Å². The number of carbonyl (C=O) groups excluding carboxylic acids is 1. The third-order valence-electron chi connectivity index (χ3n) is 4.04. The second kappa shape index (κ2) is 8.99. The molecule has 0 saturated heterocycles. The molecule has 0 bridgehead atoms. The molecule has 0 aliphatic heterocycles. The summed E-state index contributed by atoms with van der Waals surface area (Å²) in [6.07, 6.45) is 3.16. The zero-order chi connectivity index (χ0) is 19.9. The fourth-order valence-corrected chi connectivity index (χ4v) is 2.63. The minimum Gasteiger partial charge on any atom is -0.491 e. The third kappa shape index (κ3) is 5.30. The summed E-state index contributed by atoms with van der Waals surface area (Å²) in [6, 6.07) is 17.3. The molecule has 1 unspecified atom stereocenters. The number of amides is 1. The highest BCUT2D eigenvalue weighted by atomic mass is 16.5. The van der Waals surface area contributed by atoms with Gasteiger partial charge >= 0.3 is 0 Å². The third-order valence-corrected chi connectivity index (χ3v) is 4.04. The first-order valence-electron chi connectivity index (χ1n) is 9.23. The molecule has 0 fully saturated rings. The van der Waals surface area contributed by atoms with Crippen molar-refractivity contribution in [2.24, 2.45) is 0 Å². The highest BCUT2D eigenvalue weighted by Crippen LogP contribution is 2.19. The van der Waals surface area contributed by atoms with Crippen LogP contribution in [0.1, 0.15) is 42.7 Å². The number of benzene rings is 2. The van der Waals surface area contributed by atoms with E-state index in [0.717, 1.165) is 17.0 Å². The first-order valence-corrected chi connectivity index (χ1v) is 9.23. The van der Waals surface area contributed by atoms with Crippen LogP contribution in [-0.2, 0) is 0 Å². The number of anilines is 2. The van der Waals surface area contributed by atoms with Crippen LogP contribution in [0.5, 0.6) is 5.75 Å². The minimum atomic E-state index is -0.210. The molecule has 1 atom stereocenters. The van der Waals surface area contributed by atoms with E-state index in [-0.39, 0.29) is 18.1 Å². The Morgan fingerprint density at radius 3 is 2.18 bits per heavy atom. The van der Waals surface area contributed by atoms with Gasteiger partial charge in [0.05, 0.1) is 17.7 Å². The molecule has 2 aromatic carbocycles. The van der Waals surface area contributed by atoms with Gasteiger partial charge in [-0.15, -0.1) is 0 Å². The van der Waals surface area contributed by atoms with Crippen molar-refractivity contribution < 1.29 is 9.53 Å². The Labute approximate surface area is 165 Å². The molecule has 6 heteroatoms. The molecule has 2 N–H and O–H groups in total. The first-order chi connectivity index (χ1) is 13.5. The van der Waals surface area contributed by atoms with E-state index in [1.165, 1.54) is 12.4 Å². The van der Waals surface area contributed by atoms with Gasteiger partial charge in [-0.3, -0.25) is 4.79 Å². The standard InChI is InChI=1S/C22H24N4O2/c1-15(2)28-20-11-9-19(10-12-20)26-22-23-13-18(14-24-22)21(27)25-16(3)17-7-5-4-6-8-17/h4-16H,1-3H3,(H,25,27)(H,23,24,26). The number of nitrogens with one attached hydrogen (secondary N) is 2. The SMILES string of the molecule is CC(C)Oc1ccc(Nc2ncc(C(=O)NC(C)c3ccccc3)cn2)cc1. The predicted octanol–water partition coefficient (Wildman–Crippen LogP) is 4.50. The van der Waals surface area contributed by atoms with Crippen LogP contribution in [0.2, 0.25) is 0 Å². The lowest BCUT2D eigenvalue weighted by molar-refractivity contribution is 0.0939. The van der Waals surface area contributed by atoms with Crippen LogP contribution in [-0.4, -0.2) is 22.0 Å². The van der Waals surface area contributed by atoms with E-state index >= 15 is 0 Å². The number of rotatable bonds is 7. The molecule has 144 valence electrons. The molecule has 28 heavy (non-hydrogen) atoms. The molecule has 0 radical (unpaired) electrons. The van der Waals surface area contributed by atoms with Gasteiger partial charge in [-0.25, -0.2) is 9.97 Å². The summed E-state index contributed by atoms with van der Waals surface area (Å²) < 4.78 is 5.62. The van der Waals surface area contributed by atoms with Gasteiger partial charge in [-0.1, -0.05) is 30.3 Å². The molecule has 0 spiro atoms. The molecule has 0 aliphatic rings. The molecule has 6 nitrogen and oxygen atoms in total. The van der Waals surface area contributed by atoms with Crippen LogP contribution in [0.15, 0.2) is 67.0 Å². The zero-order valence-corrected chi connectivity index (χ0v) is 16.2. The Bertz CT molecular complexity index is 894. The van der Waals surface area contributed by atoms with Crippen LogP contribution >= 0.6 is 0 Å². The molecule has 0 aliphatic carbocycles. The summed E-state index contributed by atoms with van der Waals surface area (Å²) in [4.78, 5) is 20.9. The number of hydrogen-bond donors (Lipinski definition) is 2. The average molecular weight is 376 g/mol. The summed E-state index contributed by atoms with van der Waals surface area (Å²) in [5, 5.41) is 6.06. The van der Waals surface area contributed by atoms with E-state index in [1.54, 1.807) is 0 Å². The Balaban J connectivity index is 1.59. The summed E-state index contributed by atoms with van der Waals surface area (Å²) in [7, 11) is 0. The maximum Gasteiger partial charge on any atom is 0.254 e. The number of nitrogens with zero attached hydrogens (tertiary/aromatic N) is 2. The fourth-order valence-electron chi connectivity index (χ4n) is 2.63. The highest BCUT2D eigenvalue weighted by Gasteiger charge is 2.12. The minimum absolute atomic E-state index is 0.0990. The van der Waals surface area contributed by atoms with Crippen molar-refractivity contribution in [2.45, 2.75) is 32.9 Å². The molecular formula is C22H24N4O2. The largest absolute Gasteiger partial charge is 0.491 e. The van der Waals surface area contributed by atoms with Crippen molar-refractivity contribution in [3.63, 3.8) is 0 Å². The number of hydrogen-bond acceptors (Lipinski definition) is 5. The Morgan fingerprint density at radius 1 is 0.929 bits per heavy atom. The van der Waals surface area contributed by atoms with E-state index in [1.807, 2.05) is 75.4 Å². The zero-order valence-electron chi connectivity index (χ0n) is 16.2. The topological polar surface area (TPSA) is 76.1 Å². The van der Waals surface area contributed by atoms with Crippen molar-refractivity contribution in [1.82, 2.24) is 15.3 Å². The lowest BCUT2D eigenvalue weighted by atomic mass is 10.1. The summed E-state index contributed by atoms with van der Waals surface area (Å²) in [5.41, 5.74) is 2.29. The Morgan fingerprint density at radius 2 is 1.57 bits per heavy atom. The maximum atomic E-state index is 12.4. The molecule has 1 amide bonds. The molecule has 3 aromatic rings. The van der Waals surface area contributed by atoms with Crippen molar-refractivity contribution in [2.75, 3.05) is 5.32 Å². The summed E-state index contributed by atoms with van der Waals surface area (Å²) in [5.74, 6) is 1.02. The molecule has 1 aromatic heterocycles. The van der Waals surface area contributed by atoms with Crippen LogP contribution in [0.4, 0.5) is 11.6 Å². The second-order valence-corrected chi connectivity index (χ2v) is 6.72. The normalized spacial score (nSPS) is 11.7. The lowest BCUT2D eigenvalue weighted by Crippen LogP contribution is -2.26. The van der Waals surface area contributed by atoms with E-state index in [9.17, 15) is 4.79 Å². The molecular weight excluding hydrogens is 352 g/mol. The average Bonchev–Trinajstić information content (AvgIpc) is 2.70. The monoisotopic (exact) mass is 376 g/mol. The van der Waals surface area contributed by atoms with Crippen LogP contribution in [0.25, 0.3) is 0 Å². The van der Waals surface area contributed by atoms with Gasteiger partial charge in [0.1, 0.15) is 5.75 Å². The van der Waals surface area contributed by atoms with Crippen molar-refractivity contribution >= 4 is 17.5 Å². The Kier molecular flexibility index (Phi) is 6.22. The maximum absolute atomic E-state index is 12.4. The van der Waals surface area contributed by atoms with E-state index in [0.29, 0.717) is 11.5 Å². The molecule has 3 rings (SSSR count). The van der Waals surface area contributed by atoms with Crippen molar-refractivity contribution in [1.29, 1.82) is 0 Å². The summed E-state index contributed by atoms with van der Waals surface area (Å²) in [6.45, 7) is 5.91. The van der Waals surface area contributed by atoms with Gasteiger partial charge in [0.2, 0.25) is 5.95 Å². The van der Waals surface area contributed by atoms with Gasteiger partial charge in [0.15, 0.2) is 0 Å². The number of ether oxygens (including phenoxy) is 1. The van der Waals surface area contributed by atoms with Gasteiger partial charge in [-0.2, -0.15) is 0 Å². The van der Waals surface area contributed by atoms with Gasteiger partial charge in [-0.05, 0) is 50.6 Å². The van der Waals surface area contributed by atoms with Crippen molar-refractivity contribution in [3.05, 3.63) is 78.1 Å². The van der Waals surface area contributed by atoms with Crippen LogP contribution in [0.3, 0.4) is 0 Å². The quantitative estimate of drug-likeness (QED) is 0.635. The second-order valence-electron chi connectivity index (χ2n) is 6.72. The van der Waals surface area contributed by atoms with Gasteiger partial charge < -0.3 is 15.4 Å². The van der Waals surface area contributed by atoms with Crippen LogP contribution < -0.4 is 15.4 Å². The lowest BCUT2D eigenvalue weighted by Gasteiger charge is -2.14. The van der Waals surface area contributed by atoms with Crippen LogP contribution in [0, 0.1) is 0 Å². The number of carbonyl (C=O) groups is 1. The van der Waals surface area contributed by atoms with E-state index in [2.05, 4.69) is 20.6 Å². The molecule has 1 heterocycles.